The molecule has 0 bridgehead atoms. The molecule has 0 heterocycles. The zero-order valence-corrected chi connectivity index (χ0v) is 14.3. The molecule has 128 valence electrons. The van der Waals surface area contributed by atoms with Crippen LogP contribution in [-0.4, -0.2) is 18.2 Å². The van der Waals surface area contributed by atoms with Gasteiger partial charge in [-0.1, -0.05) is 49.2 Å². The SMILES string of the molecule is COc1ccc(Cc2ccc(CCCCCCC(=O)O)cc2)cc1. The number of ether oxygens (including phenoxy) is 1. The highest BCUT2D eigenvalue weighted by Crippen LogP contribution is 2.16. The van der Waals surface area contributed by atoms with Crippen molar-refractivity contribution in [2.75, 3.05) is 7.11 Å². The molecule has 0 aliphatic heterocycles. The van der Waals surface area contributed by atoms with E-state index in [9.17, 15) is 4.79 Å². The number of hydrogen-bond donors (Lipinski definition) is 1. The molecule has 2 aromatic carbocycles. The van der Waals surface area contributed by atoms with Gasteiger partial charge in [0.1, 0.15) is 5.75 Å². The maximum atomic E-state index is 10.4. The fourth-order valence-corrected chi connectivity index (χ4v) is 2.76. The largest absolute Gasteiger partial charge is 0.497 e. The predicted molar refractivity (Wildman–Crippen MR) is 96.7 cm³/mol. The van der Waals surface area contributed by atoms with Crippen molar-refractivity contribution in [3.63, 3.8) is 0 Å². The van der Waals surface area contributed by atoms with Gasteiger partial charge in [0.05, 0.1) is 7.11 Å². The Bertz CT molecular complexity index is 615. The van der Waals surface area contributed by atoms with Gasteiger partial charge in [-0.15, -0.1) is 0 Å². The number of unbranched alkanes of at least 4 members (excludes halogenated alkanes) is 3. The summed E-state index contributed by atoms with van der Waals surface area (Å²) in [6.07, 6.45) is 6.30. The highest BCUT2D eigenvalue weighted by Gasteiger charge is 2.00. The summed E-state index contributed by atoms with van der Waals surface area (Å²) in [4.78, 5) is 10.4. The van der Waals surface area contributed by atoms with Gasteiger partial charge in [-0.3, -0.25) is 4.79 Å². The molecule has 0 spiro atoms. The zero-order valence-electron chi connectivity index (χ0n) is 14.3. The molecule has 0 amide bonds. The van der Waals surface area contributed by atoms with Crippen molar-refractivity contribution in [1.82, 2.24) is 0 Å². The lowest BCUT2D eigenvalue weighted by molar-refractivity contribution is -0.137. The van der Waals surface area contributed by atoms with E-state index in [1.54, 1.807) is 7.11 Å². The fourth-order valence-electron chi connectivity index (χ4n) is 2.76. The van der Waals surface area contributed by atoms with Crippen molar-refractivity contribution in [3.05, 3.63) is 65.2 Å². The summed E-state index contributed by atoms with van der Waals surface area (Å²) < 4.78 is 5.18. The molecule has 2 aromatic rings. The monoisotopic (exact) mass is 326 g/mol. The van der Waals surface area contributed by atoms with Crippen LogP contribution in [0.1, 0.15) is 48.8 Å². The van der Waals surface area contributed by atoms with Crippen LogP contribution in [0.4, 0.5) is 0 Å². The number of carboxylic acids is 1. The average Bonchev–Trinajstić information content (AvgIpc) is 2.60. The molecule has 1 N–H and O–H groups in total. The van der Waals surface area contributed by atoms with Crippen LogP contribution < -0.4 is 4.74 Å². The third kappa shape index (κ3) is 6.45. The minimum Gasteiger partial charge on any atom is -0.497 e. The molecular weight excluding hydrogens is 300 g/mol. The van der Waals surface area contributed by atoms with E-state index in [1.165, 1.54) is 16.7 Å². The molecule has 3 nitrogen and oxygen atoms in total. The lowest BCUT2D eigenvalue weighted by Gasteiger charge is -2.06. The van der Waals surface area contributed by atoms with Crippen LogP contribution in [0.15, 0.2) is 48.5 Å². The molecule has 0 aliphatic carbocycles. The minimum atomic E-state index is -0.692. The van der Waals surface area contributed by atoms with Crippen LogP contribution in [-0.2, 0) is 17.6 Å². The molecular formula is C21H26O3. The third-order valence-corrected chi connectivity index (χ3v) is 4.20. The third-order valence-electron chi connectivity index (χ3n) is 4.20. The molecule has 0 fully saturated rings. The lowest BCUT2D eigenvalue weighted by Crippen LogP contribution is -1.94. The maximum Gasteiger partial charge on any atom is 0.303 e. The van der Waals surface area contributed by atoms with Crippen molar-refractivity contribution in [1.29, 1.82) is 0 Å². The van der Waals surface area contributed by atoms with Crippen LogP contribution in [0.25, 0.3) is 0 Å². The normalized spacial score (nSPS) is 10.5. The van der Waals surface area contributed by atoms with Crippen LogP contribution in [0.3, 0.4) is 0 Å². The predicted octanol–water partition coefficient (Wildman–Crippen LogP) is 4.86. The number of carboxylic acid groups (broad SMARTS) is 1. The minimum absolute atomic E-state index is 0.292. The second kappa shape index (κ2) is 9.76. The number of rotatable bonds is 10. The number of benzene rings is 2. The Kier molecular flexibility index (Phi) is 7.34. The van der Waals surface area contributed by atoms with Crippen LogP contribution in [0.2, 0.25) is 0 Å². The number of aryl methyl sites for hydroxylation is 1. The molecule has 0 aromatic heterocycles. The fraction of sp³-hybridized carbons (Fsp3) is 0.381. The smallest absolute Gasteiger partial charge is 0.303 e. The standard InChI is InChI=1S/C21H26O3/c1-24-20-14-12-19(13-15-20)16-18-10-8-17(9-11-18)6-4-2-3-5-7-21(22)23/h8-15H,2-7,16H2,1H3,(H,22,23). The Labute approximate surface area is 144 Å². The Morgan fingerprint density at radius 2 is 1.38 bits per heavy atom. The second-order valence-corrected chi connectivity index (χ2v) is 6.15. The number of aliphatic carboxylic acids is 1. The summed E-state index contributed by atoms with van der Waals surface area (Å²) in [5, 5.41) is 8.60. The molecule has 0 unspecified atom stereocenters. The van der Waals surface area contributed by atoms with Crippen LogP contribution in [0, 0.1) is 0 Å². The van der Waals surface area contributed by atoms with Gasteiger partial charge in [0, 0.05) is 6.42 Å². The van der Waals surface area contributed by atoms with Crippen LogP contribution >= 0.6 is 0 Å². The van der Waals surface area contributed by atoms with Gasteiger partial charge in [0.15, 0.2) is 0 Å². The first-order valence-electron chi connectivity index (χ1n) is 8.60. The summed E-state index contributed by atoms with van der Waals surface area (Å²) in [6, 6.07) is 17.0. The van der Waals surface area contributed by atoms with E-state index < -0.39 is 5.97 Å². The van der Waals surface area contributed by atoms with E-state index in [4.69, 9.17) is 9.84 Å². The molecule has 3 heteroatoms. The molecule has 0 saturated heterocycles. The molecule has 0 radical (unpaired) electrons. The van der Waals surface area contributed by atoms with Gasteiger partial charge in [-0.25, -0.2) is 0 Å². The van der Waals surface area contributed by atoms with E-state index in [1.807, 2.05) is 12.1 Å². The molecule has 24 heavy (non-hydrogen) atoms. The summed E-state index contributed by atoms with van der Waals surface area (Å²) in [5.41, 5.74) is 3.94. The van der Waals surface area contributed by atoms with Gasteiger partial charge in [-0.05, 0) is 54.5 Å². The first-order valence-corrected chi connectivity index (χ1v) is 8.60. The maximum absolute atomic E-state index is 10.4. The zero-order chi connectivity index (χ0) is 17.2. The van der Waals surface area contributed by atoms with Crippen molar-refractivity contribution < 1.29 is 14.6 Å². The van der Waals surface area contributed by atoms with Gasteiger partial charge in [-0.2, -0.15) is 0 Å². The Hall–Kier alpha value is -2.29. The van der Waals surface area contributed by atoms with Crippen LogP contribution in [0.5, 0.6) is 5.75 Å². The van der Waals surface area contributed by atoms with Crippen molar-refractivity contribution in [3.8, 4) is 5.75 Å². The van der Waals surface area contributed by atoms with E-state index in [0.29, 0.717) is 6.42 Å². The second-order valence-electron chi connectivity index (χ2n) is 6.15. The van der Waals surface area contributed by atoms with Crippen molar-refractivity contribution in [2.45, 2.75) is 44.9 Å². The molecule has 0 aliphatic rings. The Morgan fingerprint density at radius 1 is 0.833 bits per heavy atom. The average molecular weight is 326 g/mol. The number of methoxy groups -OCH3 is 1. The topological polar surface area (TPSA) is 46.5 Å². The highest BCUT2D eigenvalue weighted by molar-refractivity contribution is 5.66. The summed E-state index contributed by atoms with van der Waals surface area (Å²) in [7, 11) is 1.68. The van der Waals surface area contributed by atoms with E-state index >= 15 is 0 Å². The summed E-state index contributed by atoms with van der Waals surface area (Å²) >= 11 is 0. The lowest BCUT2D eigenvalue weighted by atomic mass is 10.0. The van der Waals surface area contributed by atoms with Gasteiger partial charge < -0.3 is 9.84 Å². The highest BCUT2D eigenvalue weighted by atomic mass is 16.5. The van der Waals surface area contributed by atoms with Gasteiger partial charge in [0.2, 0.25) is 0 Å². The molecule has 0 atom stereocenters. The number of carbonyl (C=O) groups is 1. The quantitative estimate of drug-likeness (QED) is 0.634. The molecule has 2 rings (SSSR count). The summed E-state index contributed by atoms with van der Waals surface area (Å²) in [6.45, 7) is 0. The molecule has 0 saturated carbocycles. The van der Waals surface area contributed by atoms with Gasteiger partial charge >= 0.3 is 5.97 Å². The van der Waals surface area contributed by atoms with Crippen molar-refractivity contribution >= 4 is 5.97 Å². The van der Waals surface area contributed by atoms with E-state index in [0.717, 1.165) is 44.3 Å². The van der Waals surface area contributed by atoms with Gasteiger partial charge in [0.25, 0.3) is 0 Å². The first-order chi connectivity index (χ1) is 11.7. The Balaban J connectivity index is 1.73. The van der Waals surface area contributed by atoms with Crippen molar-refractivity contribution in [2.24, 2.45) is 0 Å². The summed E-state index contributed by atoms with van der Waals surface area (Å²) in [5.74, 6) is 0.194. The Morgan fingerprint density at radius 3 is 1.96 bits per heavy atom. The van der Waals surface area contributed by atoms with E-state index in [2.05, 4.69) is 36.4 Å². The number of hydrogen-bond acceptors (Lipinski definition) is 2. The first kappa shape index (κ1) is 18.1. The van der Waals surface area contributed by atoms with E-state index in [-0.39, 0.29) is 0 Å².